The molecule has 2 atom stereocenters. The molecule has 0 aliphatic carbocycles. The molecule has 2 aromatic heterocycles. The minimum atomic E-state index is -0.962. The van der Waals surface area contributed by atoms with Crippen LogP contribution in [0.3, 0.4) is 0 Å². The summed E-state index contributed by atoms with van der Waals surface area (Å²) in [6.45, 7) is 5.52. The number of benzene rings is 1. The smallest absolute Gasteiger partial charge is 0.332 e. The van der Waals surface area contributed by atoms with Crippen molar-refractivity contribution in [1.29, 1.82) is 0 Å². The lowest BCUT2D eigenvalue weighted by Gasteiger charge is -2.35. The first-order valence-electron chi connectivity index (χ1n) is 13.5. The van der Waals surface area contributed by atoms with E-state index >= 15 is 0 Å². The molecule has 1 aliphatic heterocycles. The number of hydrogen-bond acceptors (Lipinski definition) is 8. The van der Waals surface area contributed by atoms with Crippen molar-refractivity contribution in [3.05, 3.63) is 51.4 Å². The highest BCUT2D eigenvalue weighted by Crippen LogP contribution is 2.18. The Morgan fingerprint density at radius 3 is 2.33 bits per heavy atom. The zero-order valence-electron chi connectivity index (χ0n) is 23.1. The van der Waals surface area contributed by atoms with E-state index in [0.717, 1.165) is 73.6 Å². The van der Waals surface area contributed by atoms with Gasteiger partial charge in [-0.2, -0.15) is 0 Å². The topological polar surface area (TPSA) is 121 Å². The molecule has 4 rings (SSSR count). The Balaban J connectivity index is 1.12. The van der Waals surface area contributed by atoms with Crippen LogP contribution in [0.25, 0.3) is 11.2 Å². The second kappa shape index (κ2) is 13.6. The van der Waals surface area contributed by atoms with Gasteiger partial charge in [-0.1, -0.05) is 6.42 Å². The lowest BCUT2D eigenvalue weighted by molar-refractivity contribution is 0.0644. The Kier molecular flexibility index (Phi) is 10.2. The molecule has 1 aromatic carbocycles. The fourth-order valence-corrected chi connectivity index (χ4v) is 6.22. The Bertz CT molecular complexity index is 1330. The second-order valence-electron chi connectivity index (χ2n) is 10.2. The summed E-state index contributed by atoms with van der Waals surface area (Å²) in [7, 11) is 4.66. The van der Waals surface area contributed by atoms with Gasteiger partial charge < -0.3 is 23.9 Å². The van der Waals surface area contributed by atoms with Crippen molar-refractivity contribution in [1.82, 2.24) is 28.5 Å². The largest absolute Gasteiger partial charge is 0.611 e. The Morgan fingerprint density at radius 1 is 0.974 bits per heavy atom. The second-order valence-corrected chi connectivity index (χ2v) is 11.8. The van der Waals surface area contributed by atoms with Crippen LogP contribution < -0.4 is 16.0 Å². The number of aryl methyl sites for hydroxylation is 1. The van der Waals surface area contributed by atoms with Crippen LogP contribution in [0.4, 0.5) is 0 Å². The number of nitrogens with zero attached hydrogens (tertiary/aromatic N) is 6. The lowest BCUT2D eigenvalue weighted by atomic mass is 10.2. The van der Waals surface area contributed by atoms with Gasteiger partial charge in [0.1, 0.15) is 11.5 Å². The molecule has 12 heteroatoms. The van der Waals surface area contributed by atoms with Crippen LogP contribution in [0.15, 0.2) is 45.1 Å². The number of imidazole rings is 1. The van der Waals surface area contributed by atoms with E-state index in [0.29, 0.717) is 23.5 Å². The van der Waals surface area contributed by atoms with E-state index in [1.807, 2.05) is 24.3 Å². The summed E-state index contributed by atoms with van der Waals surface area (Å²) in [6, 6.07) is 7.45. The van der Waals surface area contributed by atoms with Gasteiger partial charge >= 0.3 is 5.69 Å². The maximum Gasteiger partial charge on any atom is 0.332 e. The molecule has 0 amide bonds. The first-order chi connectivity index (χ1) is 18.8. The van der Waals surface area contributed by atoms with E-state index in [2.05, 4.69) is 14.8 Å². The number of β-amino-alcohol motifs (C(OH)–C–C–N with tert-alkyl or cyclic N) is 1. The maximum atomic E-state index is 12.6. The summed E-state index contributed by atoms with van der Waals surface area (Å²) < 4.78 is 21.7. The summed E-state index contributed by atoms with van der Waals surface area (Å²) in [5, 5.41) is 10.7. The van der Waals surface area contributed by atoms with Gasteiger partial charge in [0.15, 0.2) is 16.1 Å². The molecule has 3 aromatic rings. The van der Waals surface area contributed by atoms with E-state index in [1.165, 1.54) is 17.9 Å². The molecule has 39 heavy (non-hydrogen) atoms. The average Bonchev–Trinajstić information content (AvgIpc) is 3.36. The molecule has 0 bridgehead atoms. The standard InChI is InChI=1S/C27H40N6O5S/c1-29-25-24(26(35)30(2)27(29)36)33(20-28-25)19-21(34)18-32-15-13-31(14-16-32)12-6-4-5-7-17-39(37)23-10-8-22(38-3)9-11-23/h8-11,20-21,34H,4-7,12-19H2,1-3H3. The van der Waals surface area contributed by atoms with E-state index < -0.39 is 28.5 Å². The molecular formula is C27H40N6O5S. The summed E-state index contributed by atoms with van der Waals surface area (Å²) in [5.74, 6) is 1.47. The highest BCUT2D eigenvalue weighted by atomic mass is 32.2. The molecule has 2 unspecified atom stereocenters. The highest BCUT2D eigenvalue weighted by Gasteiger charge is 2.21. The third kappa shape index (κ3) is 7.31. The Morgan fingerprint density at radius 2 is 1.64 bits per heavy atom. The Labute approximate surface area is 231 Å². The molecule has 214 valence electrons. The summed E-state index contributed by atoms with van der Waals surface area (Å²) >= 11 is -0.962. The molecule has 3 heterocycles. The van der Waals surface area contributed by atoms with Gasteiger partial charge in [-0.15, -0.1) is 0 Å². The van der Waals surface area contributed by atoms with Gasteiger partial charge in [-0.25, -0.2) is 9.78 Å². The van der Waals surface area contributed by atoms with E-state index in [-0.39, 0.29) is 6.54 Å². The van der Waals surface area contributed by atoms with E-state index in [9.17, 15) is 19.2 Å². The zero-order chi connectivity index (χ0) is 27.9. The first-order valence-corrected chi connectivity index (χ1v) is 14.9. The van der Waals surface area contributed by atoms with Gasteiger partial charge in [0.05, 0.1) is 26.1 Å². The quantitative estimate of drug-likeness (QED) is 0.241. The molecule has 1 aliphatic rings. The van der Waals surface area contributed by atoms with Gasteiger partial charge in [-0.05, 0) is 61.2 Å². The molecular weight excluding hydrogens is 520 g/mol. The summed E-state index contributed by atoms with van der Waals surface area (Å²) in [4.78, 5) is 34.5. The van der Waals surface area contributed by atoms with Crippen LogP contribution in [0, 0.1) is 0 Å². The number of unbranched alkanes of at least 4 members (excludes halogenated alkanes) is 3. The number of methoxy groups -OCH3 is 1. The molecule has 1 N–H and O–H groups in total. The SMILES string of the molecule is COc1ccc([S+]([O-])CCCCCCN2CCN(CC(O)Cn3cnc4c3c(=O)n(C)c(=O)n4C)CC2)cc1. The monoisotopic (exact) mass is 560 g/mol. The fourth-order valence-electron chi connectivity index (χ4n) is 5.08. The fraction of sp³-hybridized carbons (Fsp3) is 0.593. The predicted molar refractivity (Wildman–Crippen MR) is 152 cm³/mol. The molecule has 1 saturated heterocycles. The van der Waals surface area contributed by atoms with Crippen LogP contribution in [0.2, 0.25) is 0 Å². The molecule has 0 spiro atoms. The van der Waals surface area contributed by atoms with Gasteiger partial charge in [0, 0.05) is 46.8 Å². The molecule has 1 fully saturated rings. The molecule has 0 radical (unpaired) electrons. The maximum absolute atomic E-state index is 12.6. The minimum absolute atomic E-state index is 0.243. The summed E-state index contributed by atoms with van der Waals surface area (Å²) in [6.07, 6.45) is 5.15. The van der Waals surface area contributed by atoms with E-state index in [4.69, 9.17) is 4.74 Å². The van der Waals surface area contributed by atoms with Crippen molar-refractivity contribution in [2.45, 2.75) is 43.2 Å². The van der Waals surface area contributed by atoms with Crippen molar-refractivity contribution in [2.24, 2.45) is 14.1 Å². The number of piperazine rings is 1. The van der Waals surface area contributed by atoms with Crippen molar-refractivity contribution < 1.29 is 14.4 Å². The van der Waals surface area contributed by atoms with Crippen molar-refractivity contribution >= 4 is 22.3 Å². The number of fused-ring (bicyclic) bond motifs is 1. The number of ether oxygens (including phenoxy) is 1. The van der Waals surface area contributed by atoms with Gasteiger partial charge in [0.2, 0.25) is 0 Å². The Hall–Kier alpha value is -2.64. The normalized spacial score (nSPS) is 16.5. The van der Waals surface area contributed by atoms with E-state index in [1.54, 1.807) is 18.7 Å². The number of aliphatic hydroxyl groups excluding tert-OH is 1. The third-order valence-corrected chi connectivity index (χ3v) is 8.89. The highest BCUT2D eigenvalue weighted by molar-refractivity contribution is 7.91. The van der Waals surface area contributed by atoms with Crippen LogP contribution in [-0.4, -0.2) is 96.4 Å². The number of aromatic nitrogens is 4. The average molecular weight is 561 g/mol. The van der Waals surface area contributed by atoms with Gasteiger partial charge in [-0.3, -0.25) is 18.8 Å². The number of aliphatic hydroxyl groups is 1. The molecule has 0 saturated carbocycles. The predicted octanol–water partition coefficient (Wildman–Crippen LogP) is 0.789. The van der Waals surface area contributed by atoms with Gasteiger partial charge in [0.25, 0.3) is 5.56 Å². The summed E-state index contributed by atoms with van der Waals surface area (Å²) in [5.41, 5.74) is -0.168. The molecule has 11 nitrogen and oxygen atoms in total. The van der Waals surface area contributed by atoms with Crippen molar-refractivity contribution in [3.63, 3.8) is 0 Å². The minimum Gasteiger partial charge on any atom is -0.611 e. The first kappa shape index (κ1) is 29.3. The van der Waals surface area contributed by atoms with Crippen LogP contribution in [0.1, 0.15) is 25.7 Å². The van der Waals surface area contributed by atoms with Crippen molar-refractivity contribution in [2.75, 3.05) is 52.1 Å². The number of hydrogen-bond donors (Lipinski definition) is 1. The van der Waals surface area contributed by atoms with Crippen LogP contribution in [-0.2, 0) is 31.8 Å². The lowest BCUT2D eigenvalue weighted by Crippen LogP contribution is -2.49. The van der Waals surface area contributed by atoms with Crippen molar-refractivity contribution in [3.8, 4) is 5.75 Å². The number of rotatable bonds is 13. The van der Waals surface area contributed by atoms with Crippen LogP contribution in [0.5, 0.6) is 5.75 Å². The van der Waals surface area contributed by atoms with Crippen LogP contribution >= 0.6 is 0 Å². The third-order valence-electron chi connectivity index (χ3n) is 7.43. The zero-order valence-corrected chi connectivity index (χ0v) is 23.9.